The van der Waals surface area contributed by atoms with E-state index in [-0.39, 0.29) is 6.54 Å². The molecule has 2 aromatic rings. The molecule has 0 spiro atoms. The fourth-order valence-electron chi connectivity index (χ4n) is 1.98. The number of nitrogens with zero attached hydrogens (tertiary/aromatic N) is 1. The molecular formula is C15H13F3N2O. The number of carbonyl (C=O) groups is 1. The van der Waals surface area contributed by atoms with Crippen LogP contribution in [0.1, 0.15) is 17.3 Å². The summed E-state index contributed by atoms with van der Waals surface area (Å²) in [5.74, 6) is -2.97. The molecule has 2 rings (SSSR count). The topological polar surface area (TPSA) is 46.3 Å². The molecule has 0 heterocycles. The molecule has 2 aromatic carbocycles. The van der Waals surface area contributed by atoms with Gasteiger partial charge in [0, 0.05) is 12.2 Å². The lowest BCUT2D eigenvalue weighted by Gasteiger charge is -2.21. The van der Waals surface area contributed by atoms with Gasteiger partial charge in [0.2, 0.25) is 0 Å². The molecule has 0 saturated heterocycles. The van der Waals surface area contributed by atoms with Crippen molar-refractivity contribution >= 4 is 17.3 Å². The van der Waals surface area contributed by atoms with Crippen LogP contribution in [0, 0.1) is 17.5 Å². The van der Waals surface area contributed by atoms with Crippen LogP contribution in [0.5, 0.6) is 0 Å². The van der Waals surface area contributed by atoms with Crippen molar-refractivity contribution < 1.29 is 18.0 Å². The van der Waals surface area contributed by atoms with E-state index in [0.717, 1.165) is 12.1 Å². The average Bonchev–Trinajstić information content (AvgIpc) is 2.45. The summed E-state index contributed by atoms with van der Waals surface area (Å²) in [7, 11) is 0. The van der Waals surface area contributed by atoms with E-state index in [1.165, 1.54) is 29.2 Å². The number of halogens is 3. The minimum absolute atomic E-state index is 0.209. The van der Waals surface area contributed by atoms with Crippen molar-refractivity contribution in [3.05, 3.63) is 59.4 Å². The average molecular weight is 294 g/mol. The summed E-state index contributed by atoms with van der Waals surface area (Å²) in [5.41, 5.74) is 4.81. The van der Waals surface area contributed by atoms with Crippen LogP contribution in [-0.2, 0) is 0 Å². The highest BCUT2D eigenvalue weighted by atomic mass is 19.1. The van der Waals surface area contributed by atoms with Crippen molar-refractivity contribution in [1.82, 2.24) is 0 Å². The highest BCUT2D eigenvalue weighted by molar-refractivity contribution is 6.06. The van der Waals surface area contributed by atoms with E-state index in [1.807, 2.05) is 0 Å². The molecule has 0 bridgehead atoms. The van der Waals surface area contributed by atoms with Gasteiger partial charge >= 0.3 is 0 Å². The summed E-state index contributed by atoms with van der Waals surface area (Å²) in [6, 6.07) is 6.73. The number of hydrogen-bond donors (Lipinski definition) is 1. The van der Waals surface area contributed by atoms with Crippen LogP contribution in [0.4, 0.5) is 24.5 Å². The number of nitrogen functional groups attached to an aromatic ring is 1. The van der Waals surface area contributed by atoms with E-state index >= 15 is 0 Å². The van der Waals surface area contributed by atoms with Crippen LogP contribution in [-0.4, -0.2) is 12.5 Å². The fourth-order valence-corrected chi connectivity index (χ4v) is 1.98. The Labute approximate surface area is 119 Å². The van der Waals surface area contributed by atoms with Gasteiger partial charge in [0.25, 0.3) is 5.91 Å². The maximum absolute atomic E-state index is 13.9. The largest absolute Gasteiger partial charge is 0.396 e. The van der Waals surface area contributed by atoms with Gasteiger partial charge in [-0.15, -0.1) is 0 Å². The first-order chi connectivity index (χ1) is 9.93. The molecule has 0 unspecified atom stereocenters. The van der Waals surface area contributed by atoms with Crippen LogP contribution in [0.25, 0.3) is 0 Å². The van der Waals surface area contributed by atoms with Crippen LogP contribution in [0.3, 0.4) is 0 Å². The van der Waals surface area contributed by atoms with Crippen LogP contribution in [0.2, 0.25) is 0 Å². The van der Waals surface area contributed by atoms with Gasteiger partial charge in [-0.1, -0.05) is 0 Å². The quantitative estimate of drug-likeness (QED) is 0.882. The zero-order valence-electron chi connectivity index (χ0n) is 11.2. The van der Waals surface area contributed by atoms with E-state index in [1.54, 1.807) is 6.92 Å². The molecule has 0 radical (unpaired) electrons. The second-order valence-electron chi connectivity index (χ2n) is 4.38. The van der Waals surface area contributed by atoms with Gasteiger partial charge in [-0.05, 0) is 43.3 Å². The Kier molecular flexibility index (Phi) is 4.16. The molecule has 110 valence electrons. The minimum atomic E-state index is -0.970. The Hall–Kier alpha value is -2.50. The van der Waals surface area contributed by atoms with Crippen molar-refractivity contribution in [3.8, 4) is 0 Å². The summed E-state index contributed by atoms with van der Waals surface area (Å²) in [5, 5.41) is 0. The maximum Gasteiger partial charge on any atom is 0.261 e. The Balaban J connectivity index is 2.44. The van der Waals surface area contributed by atoms with E-state index < -0.39 is 34.6 Å². The van der Waals surface area contributed by atoms with Gasteiger partial charge < -0.3 is 10.6 Å². The van der Waals surface area contributed by atoms with Gasteiger partial charge in [-0.25, -0.2) is 13.2 Å². The number of benzene rings is 2. The van der Waals surface area contributed by atoms with Crippen molar-refractivity contribution in [2.24, 2.45) is 0 Å². The van der Waals surface area contributed by atoms with E-state index in [4.69, 9.17) is 5.73 Å². The van der Waals surface area contributed by atoms with Crippen LogP contribution in [0.15, 0.2) is 36.4 Å². The second kappa shape index (κ2) is 5.87. The molecule has 2 N–H and O–H groups in total. The zero-order chi connectivity index (χ0) is 15.6. The molecule has 21 heavy (non-hydrogen) atoms. The fraction of sp³-hybridized carbons (Fsp3) is 0.133. The first kappa shape index (κ1) is 14.9. The first-order valence-electron chi connectivity index (χ1n) is 6.26. The van der Waals surface area contributed by atoms with Crippen molar-refractivity contribution in [3.63, 3.8) is 0 Å². The lowest BCUT2D eigenvalue weighted by Crippen LogP contribution is -2.31. The minimum Gasteiger partial charge on any atom is -0.396 e. The number of rotatable bonds is 3. The second-order valence-corrected chi connectivity index (χ2v) is 4.38. The Bertz CT molecular complexity index is 671. The van der Waals surface area contributed by atoms with Gasteiger partial charge in [0.05, 0.1) is 11.3 Å². The summed E-state index contributed by atoms with van der Waals surface area (Å²) in [4.78, 5) is 13.6. The highest BCUT2D eigenvalue weighted by Crippen LogP contribution is 2.22. The first-order valence-corrected chi connectivity index (χ1v) is 6.26. The lowest BCUT2D eigenvalue weighted by molar-refractivity contribution is 0.0984. The SMILES string of the molecule is CCN(C(=O)c1cc(F)cc(N)c1F)c1ccc(F)cc1. The molecule has 0 atom stereocenters. The van der Waals surface area contributed by atoms with Gasteiger partial charge in [0.1, 0.15) is 11.6 Å². The molecule has 0 aliphatic heterocycles. The molecule has 0 aliphatic rings. The highest BCUT2D eigenvalue weighted by Gasteiger charge is 2.22. The number of nitrogens with two attached hydrogens (primary N) is 1. The predicted octanol–water partition coefficient (Wildman–Crippen LogP) is 3.35. The molecule has 0 saturated carbocycles. The molecule has 0 aliphatic carbocycles. The Morgan fingerprint density at radius 3 is 2.29 bits per heavy atom. The monoisotopic (exact) mass is 294 g/mol. The van der Waals surface area contributed by atoms with Crippen LogP contribution < -0.4 is 10.6 Å². The third kappa shape index (κ3) is 2.99. The van der Waals surface area contributed by atoms with Crippen molar-refractivity contribution in [1.29, 1.82) is 0 Å². The molecule has 0 fully saturated rings. The van der Waals surface area contributed by atoms with Crippen molar-refractivity contribution in [2.45, 2.75) is 6.92 Å². The third-order valence-electron chi connectivity index (χ3n) is 3.00. The molecule has 0 aromatic heterocycles. The normalized spacial score (nSPS) is 10.5. The summed E-state index contributed by atoms with van der Waals surface area (Å²) < 4.78 is 40.2. The van der Waals surface area contributed by atoms with E-state index in [2.05, 4.69) is 0 Å². The van der Waals surface area contributed by atoms with Crippen molar-refractivity contribution in [2.75, 3.05) is 17.2 Å². The summed E-state index contributed by atoms with van der Waals surface area (Å²) >= 11 is 0. The van der Waals surface area contributed by atoms with Crippen LogP contribution >= 0.6 is 0 Å². The Morgan fingerprint density at radius 1 is 1.10 bits per heavy atom. The number of amides is 1. The standard InChI is InChI=1S/C15H13F3N2O/c1-2-20(11-5-3-9(16)4-6-11)15(21)12-7-10(17)8-13(19)14(12)18/h3-8H,2,19H2,1H3. The lowest BCUT2D eigenvalue weighted by atomic mass is 10.1. The van der Waals surface area contributed by atoms with E-state index in [9.17, 15) is 18.0 Å². The Morgan fingerprint density at radius 2 is 1.71 bits per heavy atom. The summed E-state index contributed by atoms with van der Waals surface area (Å²) in [6.07, 6.45) is 0. The maximum atomic E-state index is 13.9. The molecular weight excluding hydrogens is 281 g/mol. The predicted molar refractivity (Wildman–Crippen MR) is 74.5 cm³/mol. The van der Waals surface area contributed by atoms with Gasteiger partial charge in [-0.2, -0.15) is 0 Å². The van der Waals surface area contributed by atoms with Gasteiger partial charge in [-0.3, -0.25) is 4.79 Å². The molecule has 6 heteroatoms. The summed E-state index contributed by atoms with van der Waals surface area (Å²) in [6.45, 7) is 1.88. The van der Waals surface area contributed by atoms with Gasteiger partial charge in [0.15, 0.2) is 5.82 Å². The van der Waals surface area contributed by atoms with E-state index in [0.29, 0.717) is 5.69 Å². The number of carbonyl (C=O) groups excluding carboxylic acids is 1. The smallest absolute Gasteiger partial charge is 0.261 e. The third-order valence-corrected chi connectivity index (χ3v) is 3.00. The number of hydrogen-bond acceptors (Lipinski definition) is 2. The molecule has 3 nitrogen and oxygen atoms in total. The molecule has 1 amide bonds. The zero-order valence-corrected chi connectivity index (χ0v) is 11.2. The number of anilines is 2.